The Kier molecular flexibility index (Phi) is 8.51. The molecule has 0 aliphatic carbocycles. The second-order valence-electron chi connectivity index (χ2n) is 7.48. The number of carbonyl (C=O) groups excluding carboxylic acids is 3. The molecule has 3 rings (SSSR count). The summed E-state index contributed by atoms with van der Waals surface area (Å²) in [5, 5.41) is 9.08. The Balaban J connectivity index is 1.46. The number of benzene rings is 3. The smallest absolute Gasteiger partial charge is 0.329 e. The van der Waals surface area contributed by atoms with E-state index >= 15 is 0 Å². The van der Waals surface area contributed by atoms with Crippen molar-refractivity contribution in [3.63, 3.8) is 0 Å². The summed E-state index contributed by atoms with van der Waals surface area (Å²) in [5.41, 5.74) is 6.26. The van der Waals surface area contributed by atoms with E-state index in [1.165, 1.54) is 6.21 Å². The minimum absolute atomic E-state index is 0.162. The summed E-state index contributed by atoms with van der Waals surface area (Å²) in [6.45, 7) is 3.84. The lowest BCUT2D eigenvalue weighted by Crippen LogP contribution is -2.32. The SMILES string of the molecule is CCc1ccc(NC(=O)C(=O)N/N=C\c2cccc(OCC(=O)Nc3ccc(C)cc3)c2)cc1. The predicted molar refractivity (Wildman–Crippen MR) is 132 cm³/mol. The van der Waals surface area contributed by atoms with Crippen molar-refractivity contribution in [2.75, 3.05) is 17.2 Å². The lowest BCUT2D eigenvalue weighted by Gasteiger charge is -2.08. The molecule has 3 N–H and O–H groups in total. The van der Waals surface area contributed by atoms with Gasteiger partial charge in [-0.3, -0.25) is 14.4 Å². The maximum atomic E-state index is 12.1. The van der Waals surface area contributed by atoms with Crippen molar-refractivity contribution in [2.24, 2.45) is 5.10 Å². The van der Waals surface area contributed by atoms with Gasteiger partial charge in [0.2, 0.25) is 0 Å². The number of anilines is 2. The zero-order valence-electron chi connectivity index (χ0n) is 19.0. The zero-order valence-corrected chi connectivity index (χ0v) is 19.0. The van der Waals surface area contributed by atoms with Crippen molar-refractivity contribution < 1.29 is 19.1 Å². The van der Waals surface area contributed by atoms with Crippen LogP contribution >= 0.6 is 0 Å². The molecule has 0 aromatic heterocycles. The molecule has 8 nitrogen and oxygen atoms in total. The standard InChI is InChI=1S/C26H26N4O4/c1-3-19-9-13-22(14-10-19)29-25(32)26(33)30-27-16-20-5-4-6-23(15-20)34-17-24(31)28-21-11-7-18(2)8-12-21/h4-16H,3,17H2,1-2H3,(H,28,31)(H,29,32)(H,30,33)/b27-16-. The van der Waals surface area contributed by atoms with Crippen molar-refractivity contribution in [3.05, 3.63) is 89.5 Å². The van der Waals surface area contributed by atoms with E-state index in [0.29, 0.717) is 22.7 Å². The molecule has 0 radical (unpaired) electrons. The van der Waals surface area contributed by atoms with Crippen LogP contribution < -0.4 is 20.8 Å². The van der Waals surface area contributed by atoms with E-state index < -0.39 is 11.8 Å². The van der Waals surface area contributed by atoms with Gasteiger partial charge in [-0.25, -0.2) is 5.43 Å². The molecule has 0 saturated heterocycles. The molecule has 0 atom stereocenters. The number of aryl methyl sites for hydroxylation is 2. The number of nitrogens with one attached hydrogen (secondary N) is 3. The molecule has 0 aliphatic rings. The topological polar surface area (TPSA) is 109 Å². The highest BCUT2D eigenvalue weighted by atomic mass is 16.5. The minimum atomic E-state index is -0.893. The molecular weight excluding hydrogens is 432 g/mol. The van der Waals surface area contributed by atoms with Crippen LogP contribution in [0.1, 0.15) is 23.6 Å². The van der Waals surface area contributed by atoms with E-state index in [2.05, 4.69) is 21.2 Å². The van der Waals surface area contributed by atoms with Gasteiger partial charge in [0.05, 0.1) is 6.21 Å². The number of ether oxygens (including phenoxy) is 1. The number of carbonyl (C=O) groups is 3. The normalized spacial score (nSPS) is 10.5. The van der Waals surface area contributed by atoms with E-state index in [4.69, 9.17) is 4.74 Å². The fourth-order valence-electron chi connectivity index (χ4n) is 2.90. The zero-order chi connectivity index (χ0) is 24.3. The molecule has 0 unspecified atom stereocenters. The third-order valence-corrected chi connectivity index (χ3v) is 4.77. The minimum Gasteiger partial charge on any atom is -0.484 e. The fraction of sp³-hybridized carbons (Fsp3) is 0.154. The van der Waals surface area contributed by atoms with Crippen LogP contribution in [0, 0.1) is 6.92 Å². The second-order valence-corrected chi connectivity index (χ2v) is 7.48. The number of amides is 3. The number of hydrazone groups is 1. The molecule has 3 aromatic carbocycles. The van der Waals surface area contributed by atoms with Gasteiger partial charge in [-0.15, -0.1) is 0 Å². The van der Waals surface area contributed by atoms with Crippen molar-refractivity contribution in [2.45, 2.75) is 20.3 Å². The maximum absolute atomic E-state index is 12.1. The van der Waals surface area contributed by atoms with Crippen molar-refractivity contribution in [3.8, 4) is 5.75 Å². The van der Waals surface area contributed by atoms with Gasteiger partial charge in [0, 0.05) is 11.4 Å². The number of nitrogens with zero attached hydrogens (tertiary/aromatic N) is 1. The highest BCUT2D eigenvalue weighted by Gasteiger charge is 2.12. The number of hydrogen-bond donors (Lipinski definition) is 3. The first-order valence-corrected chi connectivity index (χ1v) is 10.8. The first kappa shape index (κ1) is 24.2. The van der Waals surface area contributed by atoms with E-state index in [-0.39, 0.29) is 12.5 Å². The predicted octanol–water partition coefficient (Wildman–Crippen LogP) is 3.66. The average molecular weight is 459 g/mol. The van der Waals surface area contributed by atoms with Crippen LogP contribution in [0.4, 0.5) is 11.4 Å². The third-order valence-electron chi connectivity index (χ3n) is 4.77. The molecule has 0 bridgehead atoms. The maximum Gasteiger partial charge on any atom is 0.329 e. The van der Waals surface area contributed by atoms with Crippen LogP contribution in [-0.4, -0.2) is 30.5 Å². The van der Waals surface area contributed by atoms with E-state index in [0.717, 1.165) is 17.5 Å². The summed E-state index contributed by atoms with van der Waals surface area (Å²) < 4.78 is 5.53. The molecule has 174 valence electrons. The van der Waals surface area contributed by atoms with Crippen molar-refractivity contribution in [1.82, 2.24) is 5.43 Å². The summed E-state index contributed by atoms with van der Waals surface area (Å²) in [5.74, 6) is -1.54. The lowest BCUT2D eigenvalue weighted by molar-refractivity contribution is -0.136. The Morgan fingerprint density at radius 2 is 1.56 bits per heavy atom. The molecule has 3 aromatic rings. The Bertz CT molecular complexity index is 1170. The second kappa shape index (κ2) is 12.0. The molecule has 0 spiro atoms. The Labute approximate surface area is 198 Å². The molecular formula is C26H26N4O4. The molecule has 3 amide bonds. The van der Waals surface area contributed by atoms with Crippen LogP contribution in [0.3, 0.4) is 0 Å². The fourth-order valence-corrected chi connectivity index (χ4v) is 2.90. The third kappa shape index (κ3) is 7.59. The number of rotatable bonds is 8. The summed E-state index contributed by atoms with van der Waals surface area (Å²) in [7, 11) is 0. The number of hydrogen-bond acceptors (Lipinski definition) is 5. The van der Waals surface area contributed by atoms with Gasteiger partial charge in [-0.05, 0) is 60.9 Å². The average Bonchev–Trinajstić information content (AvgIpc) is 2.85. The first-order chi connectivity index (χ1) is 16.4. The van der Waals surface area contributed by atoms with E-state index in [1.54, 1.807) is 36.4 Å². The summed E-state index contributed by atoms with van der Waals surface area (Å²) in [6, 6.07) is 21.5. The van der Waals surface area contributed by atoms with Crippen LogP contribution in [0.5, 0.6) is 5.75 Å². The van der Waals surface area contributed by atoms with Gasteiger partial charge in [-0.1, -0.05) is 48.9 Å². The van der Waals surface area contributed by atoms with Gasteiger partial charge in [-0.2, -0.15) is 5.10 Å². The summed E-state index contributed by atoms with van der Waals surface area (Å²) in [6.07, 6.45) is 2.26. The molecule has 0 saturated carbocycles. The largest absolute Gasteiger partial charge is 0.484 e. The van der Waals surface area contributed by atoms with E-state index in [9.17, 15) is 14.4 Å². The quantitative estimate of drug-likeness (QED) is 0.272. The summed E-state index contributed by atoms with van der Waals surface area (Å²) in [4.78, 5) is 36.1. The highest BCUT2D eigenvalue weighted by Crippen LogP contribution is 2.13. The Hall–Kier alpha value is -4.46. The van der Waals surface area contributed by atoms with Gasteiger partial charge in [0.15, 0.2) is 6.61 Å². The van der Waals surface area contributed by atoms with Gasteiger partial charge in [0.1, 0.15) is 5.75 Å². The first-order valence-electron chi connectivity index (χ1n) is 10.8. The monoisotopic (exact) mass is 458 g/mol. The molecule has 0 fully saturated rings. The molecule has 34 heavy (non-hydrogen) atoms. The summed E-state index contributed by atoms with van der Waals surface area (Å²) >= 11 is 0. The van der Waals surface area contributed by atoms with Crippen LogP contribution in [-0.2, 0) is 20.8 Å². The van der Waals surface area contributed by atoms with Crippen LogP contribution in [0.15, 0.2) is 77.9 Å². The van der Waals surface area contributed by atoms with Crippen molar-refractivity contribution in [1.29, 1.82) is 0 Å². The molecule has 0 heterocycles. The molecule has 0 aliphatic heterocycles. The molecule has 8 heteroatoms. The lowest BCUT2D eigenvalue weighted by atomic mass is 10.1. The Morgan fingerprint density at radius 1 is 0.882 bits per heavy atom. The van der Waals surface area contributed by atoms with Crippen molar-refractivity contribution >= 4 is 35.3 Å². The van der Waals surface area contributed by atoms with E-state index in [1.807, 2.05) is 50.2 Å². The van der Waals surface area contributed by atoms with Gasteiger partial charge >= 0.3 is 11.8 Å². The van der Waals surface area contributed by atoms with Gasteiger partial charge < -0.3 is 15.4 Å². The van der Waals surface area contributed by atoms with Gasteiger partial charge in [0.25, 0.3) is 5.91 Å². The van der Waals surface area contributed by atoms with Crippen LogP contribution in [0.2, 0.25) is 0 Å². The Morgan fingerprint density at radius 3 is 2.26 bits per heavy atom. The highest BCUT2D eigenvalue weighted by molar-refractivity contribution is 6.39. The van der Waals surface area contributed by atoms with Crippen LogP contribution in [0.25, 0.3) is 0 Å².